The Bertz CT molecular complexity index is 890. The normalized spacial score (nSPS) is 14.8. The summed E-state index contributed by atoms with van der Waals surface area (Å²) < 4.78 is 220. The van der Waals surface area contributed by atoms with E-state index in [0.29, 0.717) is 13.8 Å². The Kier molecular flexibility index (Phi) is 8.32. The maximum Gasteiger partial charge on any atom is 0.486 e. The molecule has 0 rings (SSSR count). The highest BCUT2D eigenvalue weighted by Crippen LogP contribution is 2.64. The lowest BCUT2D eigenvalue weighted by molar-refractivity contribution is -0.481. The zero-order chi connectivity index (χ0) is 29.7. The third-order valence-electron chi connectivity index (χ3n) is 3.85. The number of hydrogen-bond acceptors (Lipinski definition) is 4. The topological polar surface area (TPSA) is 52.6 Å². The number of alkyl halides is 16. The molecule has 0 saturated heterocycles. The number of rotatable bonds is 10. The van der Waals surface area contributed by atoms with E-state index < -0.39 is 70.8 Å². The lowest BCUT2D eigenvalue weighted by Gasteiger charge is -2.43. The van der Waals surface area contributed by atoms with E-state index in [0.717, 1.165) is 0 Å². The van der Waals surface area contributed by atoms with Crippen LogP contribution in [0.25, 0.3) is 0 Å². The van der Waals surface area contributed by atoms with Crippen LogP contribution < -0.4 is 0 Å². The second kappa shape index (κ2) is 9.00. The molecule has 0 radical (unpaired) electrons. The number of carbonyl (C=O) groups excluding carboxylic acids is 2. The largest absolute Gasteiger partial charge is 0.486 e. The molecule has 20 heteroatoms. The Labute approximate surface area is 188 Å². The first-order chi connectivity index (χ1) is 15.4. The number of hydrogen-bond donors (Lipinski definition) is 0. The standard InChI is InChI=1S/C16H10F16O4/c1-5(2)7(33)35-16(32,36-8(34)6(3)4)14(27,28)12(23,24)10(19,20)9(17,18)11(21,22)13(25,26)15(29,30)31/h1,3H2,2,4H3. The van der Waals surface area contributed by atoms with Gasteiger partial charge in [0.1, 0.15) is 0 Å². The van der Waals surface area contributed by atoms with Crippen LogP contribution in [0.15, 0.2) is 24.3 Å². The Balaban J connectivity index is 7.15. The van der Waals surface area contributed by atoms with Gasteiger partial charge in [-0.2, -0.15) is 70.2 Å². The summed E-state index contributed by atoms with van der Waals surface area (Å²) in [6.07, 6.45) is -7.84. The Morgan fingerprint density at radius 2 is 0.694 bits per heavy atom. The summed E-state index contributed by atoms with van der Waals surface area (Å²) in [7, 11) is 0. The van der Waals surface area contributed by atoms with Gasteiger partial charge in [-0.3, -0.25) is 0 Å². The van der Waals surface area contributed by atoms with Crippen LogP contribution in [0.2, 0.25) is 0 Å². The zero-order valence-corrected chi connectivity index (χ0v) is 17.1. The van der Waals surface area contributed by atoms with Gasteiger partial charge in [0.25, 0.3) is 0 Å². The van der Waals surface area contributed by atoms with Crippen molar-refractivity contribution in [1.82, 2.24) is 0 Å². The summed E-state index contributed by atoms with van der Waals surface area (Å²) in [4.78, 5) is 22.6. The van der Waals surface area contributed by atoms with Gasteiger partial charge in [0.2, 0.25) is 0 Å². The van der Waals surface area contributed by atoms with Crippen molar-refractivity contribution in [3.05, 3.63) is 24.3 Å². The molecule has 4 nitrogen and oxygen atoms in total. The first-order valence-electron chi connectivity index (χ1n) is 8.21. The Morgan fingerprint density at radius 3 is 0.917 bits per heavy atom. The fourth-order valence-corrected chi connectivity index (χ4v) is 1.72. The molecule has 36 heavy (non-hydrogen) atoms. The van der Waals surface area contributed by atoms with Crippen LogP contribution in [0.4, 0.5) is 70.2 Å². The van der Waals surface area contributed by atoms with Crippen molar-refractivity contribution in [1.29, 1.82) is 0 Å². The molecule has 0 aliphatic heterocycles. The van der Waals surface area contributed by atoms with Crippen molar-refractivity contribution in [2.24, 2.45) is 0 Å². The van der Waals surface area contributed by atoms with E-state index in [1.807, 2.05) is 0 Å². The van der Waals surface area contributed by atoms with E-state index in [2.05, 4.69) is 22.6 Å². The highest BCUT2D eigenvalue weighted by atomic mass is 19.4. The average Bonchev–Trinajstić information content (AvgIpc) is 2.65. The fourth-order valence-electron chi connectivity index (χ4n) is 1.72. The summed E-state index contributed by atoms with van der Waals surface area (Å²) in [5.74, 6) is -56.0. The van der Waals surface area contributed by atoms with Gasteiger partial charge in [-0.15, -0.1) is 0 Å². The number of ether oxygens (including phenoxy) is 2. The van der Waals surface area contributed by atoms with Crippen molar-refractivity contribution in [2.75, 3.05) is 0 Å². The highest BCUT2D eigenvalue weighted by molar-refractivity contribution is 5.89. The minimum absolute atomic E-state index is 0.433. The van der Waals surface area contributed by atoms with Crippen molar-refractivity contribution in [3.63, 3.8) is 0 Å². The molecule has 0 spiro atoms. The van der Waals surface area contributed by atoms with Crippen LogP contribution in [-0.4, -0.2) is 59.7 Å². The van der Waals surface area contributed by atoms with E-state index in [9.17, 15) is 79.8 Å². The number of halogens is 16. The van der Waals surface area contributed by atoms with Gasteiger partial charge in [0, 0.05) is 11.1 Å². The first kappa shape index (κ1) is 33.3. The molecule has 0 unspecified atom stereocenters. The van der Waals surface area contributed by atoms with Crippen molar-refractivity contribution >= 4 is 11.9 Å². The molecule has 0 atom stereocenters. The summed E-state index contributed by atoms with van der Waals surface area (Å²) in [5.41, 5.74) is -2.51. The highest BCUT2D eigenvalue weighted by Gasteiger charge is 2.96. The van der Waals surface area contributed by atoms with Crippen LogP contribution in [0.3, 0.4) is 0 Å². The molecule has 0 aromatic heterocycles. The summed E-state index contributed by atoms with van der Waals surface area (Å²) in [5, 5.41) is 0. The molecule has 0 aromatic rings. The molecule has 0 amide bonds. The van der Waals surface area contributed by atoms with E-state index >= 15 is 0 Å². The van der Waals surface area contributed by atoms with Gasteiger partial charge in [0.05, 0.1) is 0 Å². The Hall–Kier alpha value is -2.70. The van der Waals surface area contributed by atoms with Gasteiger partial charge in [-0.25, -0.2) is 9.59 Å². The molecular formula is C16H10F16O4. The lowest BCUT2D eigenvalue weighted by Crippen LogP contribution is -2.75. The lowest BCUT2D eigenvalue weighted by atomic mass is 9.90. The molecule has 0 bridgehead atoms. The monoisotopic (exact) mass is 570 g/mol. The number of esters is 2. The SMILES string of the molecule is C=C(C)C(=O)OC(F)(OC(=O)C(=C)C)C(F)(F)C(F)(F)C(F)(F)C(F)(F)C(F)(F)C(F)(F)C(F)(F)F. The van der Waals surface area contributed by atoms with Gasteiger partial charge >= 0.3 is 59.7 Å². The summed E-state index contributed by atoms with van der Waals surface area (Å²) in [6, 6.07) is -6.62. The molecule has 0 heterocycles. The summed E-state index contributed by atoms with van der Waals surface area (Å²) >= 11 is 0. The van der Waals surface area contributed by atoms with E-state index in [1.165, 1.54) is 0 Å². The smallest absolute Gasteiger partial charge is 0.386 e. The minimum atomic E-state index is -8.75. The van der Waals surface area contributed by atoms with Gasteiger partial charge in [-0.1, -0.05) is 13.2 Å². The van der Waals surface area contributed by atoms with Crippen LogP contribution in [0, 0.1) is 0 Å². The van der Waals surface area contributed by atoms with Crippen LogP contribution in [0.5, 0.6) is 0 Å². The van der Waals surface area contributed by atoms with Crippen LogP contribution in [-0.2, 0) is 19.1 Å². The van der Waals surface area contributed by atoms with E-state index in [-0.39, 0.29) is 0 Å². The van der Waals surface area contributed by atoms with E-state index in [4.69, 9.17) is 0 Å². The minimum Gasteiger partial charge on any atom is -0.386 e. The molecule has 0 aromatic carbocycles. The van der Waals surface area contributed by atoms with Crippen LogP contribution >= 0.6 is 0 Å². The molecule has 210 valence electrons. The molecule has 0 N–H and O–H groups in total. The second-order valence-electron chi connectivity index (χ2n) is 6.82. The van der Waals surface area contributed by atoms with Crippen molar-refractivity contribution < 1.29 is 89.3 Å². The molecule has 0 fully saturated rings. The third-order valence-corrected chi connectivity index (χ3v) is 3.85. The maximum absolute atomic E-state index is 14.6. The Morgan fingerprint density at radius 1 is 0.472 bits per heavy atom. The zero-order valence-electron chi connectivity index (χ0n) is 17.1. The van der Waals surface area contributed by atoms with E-state index in [1.54, 1.807) is 0 Å². The van der Waals surface area contributed by atoms with Crippen LogP contribution in [0.1, 0.15) is 13.8 Å². The average molecular weight is 570 g/mol. The first-order valence-corrected chi connectivity index (χ1v) is 8.21. The summed E-state index contributed by atoms with van der Waals surface area (Å²) in [6.45, 7) is 6.02. The predicted molar refractivity (Wildman–Crippen MR) is 81.4 cm³/mol. The van der Waals surface area contributed by atoms with Crippen molar-refractivity contribution in [2.45, 2.75) is 61.6 Å². The molecular weight excluding hydrogens is 560 g/mol. The fraction of sp³-hybridized carbons (Fsp3) is 0.625. The van der Waals surface area contributed by atoms with Gasteiger partial charge in [0.15, 0.2) is 0 Å². The quantitative estimate of drug-likeness (QED) is 0.136. The number of carbonyl (C=O) groups is 2. The third kappa shape index (κ3) is 4.69. The predicted octanol–water partition coefficient (Wildman–Crippen LogP) is 6.22. The molecule has 0 saturated carbocycles. The molecule has 0 aliphatic rings. The maximum atomic E-state index is 14.6. The second-order valence-corrected chi connectivity index (χ2v) is 6.82. The van der Waals surface area contributed by atoms with Gasteiger partial charge in [-0.05, 0) is 13.8 Å². The van der Waals surface area contributed by atoms with Gasteiger partial charge < -0.3 is 9.47 Å². The van der Waals surface area contributed by atoms with Crippen molar-refractivity contribution in [3.8, 4) is 0 Å². The molecule has 0 aliphatic carbocycles.